The van der Waals surface area contributed by atoms with Crippen molar-refractivity contribution < 1.29 is 14.6 Å². The number of aliphatic hydroxyl groups excluding tert-OH is 1. The second kappa shape index (κ2) is 7.10. The maximum atomic E-state index is 11.8. The lowest BCUT2D eigenvalue weighted by molar-refractivity contribution is 0.175. The molecule has 1 unspecified atom stereocenters. The fourth-order valence-corrected chi connectivity index (χ4v) is 2.55. The largest absolute Gasteiger partial charge is 0.497 e. The highest BCUT2D eigenvalue weighted by molar-refractivity contribution is 7.07. The van der Waals surface area contributed by atoms with Crippen LogP contribution in [0, 0.1) is 6.92 Å². The van der Waals surface area contributed by atoms with Crippen LogP contribution in [0.4, 0.5) is 10.5 Å². The lowest BCUT2D eigenvalue weighted by Gasteiger charge is -2.13. The summed E-state index contributed by atoms with van der Waals surface area (Å²) >= 11 is 1.51. The van der Waals surface area contributed by atoms with Gasteiger partial charge in [-0.05, 0) is 53.1 Å². The van der Waals surface area contributed by atoms with Gasteiger partial charge in [-0.25, -0.2) is 4.79 Å². The second-order valence-corrected chi connectivity index (χ2v) is 5.37. The Balaban J connectivity index is 1.87. The molecule has 0 aliphatic carbocycles. The molecule has 0 saturated carbocycles. The van der Waals surface area contributed by atoms with Crippen LogP contribution < -0.4 is 15.4 Å². The number of carbonyl (C=O) groups is 1. The van der Waals surface area contributed by atoms with Gasteiger partial charge >= 0.3 is 6.03 Å². The van der Waals surface area contributed by atoms with Crippen molar-refractivity contribution in [2.75, 3.05) is 19.0 Å². The van der Waals surface area contributed by atoms with E-state index in [0.717, 1.165) is 16.9 Å². The first kappa shape index (κ1) is 15.3. The van der Waals surface area contributed by atoms with E-state index in [-0.39, 0.29) is 12.6 Å². The van der Waals surface area contributed by atoms with Gasteiger partial charge in [-0.15, -0.1) is 0 Å². The number of hydrogen-bond donors (Lipinski definition) is 3. The number of benzene rings is 1. The zero-order valence-corrected chi connectivity index (χ0v) is 12.7. The predicted octanol–water partition coefficient (Wildman–Crippen LogP) is 2.92. The molecule has 6 heteroatoms. The number of aliphatic hydroxyl groups is 1. The Bertz CT molecular complexity index is 599. The number of thiophene rings is 1. The molecule has 3 N–H and O–H groups in total. The summed E-state index contributed by atoms with van der Waals surface area (Å²) in [5.74, 6) is 0.742. The van der Waals surface area contributed by atoms with Crippen LogP contribution in [0.5, 0.6) is 5.75 Å². The van der Waals surface area contributed by atoms with E-state index < -0.39 is 6.10 Å². The fourth-order valence-electron chi connectivity index (χ4n) is 1.84. The minimum Gasteiger partial charge on any atom is -0.497 e. The Morgan fingerprint density at radius 2 is 2.24 bits per heavy atom. The van der Waals surface area contributed by atoms with Crippen LogP contribution in [0.25, 0.3) is 0 Å². The molecule has 2 rings (SSSR count). The van der Waals surface area contributed by atoms with Gasteiger partial charge in [0.15, 0.2) is 0 Å². The molecule has 0 aliphatic heterocycles. The van der Waals surface area contributed by atoms with Crippen molar-refractivity contribution in [3.05, 3.63) is 46.2 Å². The van der Waals surface area contributed by atoms with Gasteiger partial charge in [-0.2, -0.15) is 11.3 Å². The molecule has 0 radical (unpaired) electrons. The Morgan fingerprint density at radius 1 is 1.43 bits per heavy atom. The average Bonchev–Trinajstić information content (AvgIpc) is 3.01. The van der Waals surface area contributed by atoms with Gasteiger partial charge in [0.05, 0.1) is 13.2 Å². The van der Waals surface area contributed by atoms with E-state index >= 15 is 0 Å². The molecule has 2 aromatic rings. The van der Waals surface area contributed by atoms with Crippen molar-refractivity contribution in [1.82, 2.24) is 5.32 Å². The normalized spacial score (nSPS) is 11.8. The molecule has 5 nitrogen and oxygen atoms in total. The number of methoxy groups -OCH3 is 1. The number of amides is 2. The zero-order valence-electron chi connectivity index (χ0n) is 11.9. The third-order valence-corrected chi connectivity index (χ3v) is 3.77. The molecule has 21 heavy (non-hydrogen) atoms. The number of urea groups is 1. The van der Waals surface area contributed by atoms with Gasteiger partial charge in [0.2, 0.25) is 0 Å². The van der Waals surface area contributed by atoms with Gasteiger partial charge in [0.1, 0.15) is 5.75 Å². The maximum absolute atomic E-state index is 11.8. The van der Waals surface area contributed by atoms with E-state index in [9.17, 15) is 9.90 Å². The number of rotatable bonds is 5. The Hall–Kier alpha value is -2.05. The summed E-state index contributed by atoms with van der Waals surface area (Å²) in [6.45, 7) is 2.05. The summed E-state index contributed by atoms with van der Waals surface area (Å²) in [6.07, 6.45) is -0.695. The Labute approximate surface area is 127 Å². The first-order chi connectivity index (χ1) is 10.1. The highest BCUT2D eigenvalue weighted by Gasteiger charge is 2.10. The van der Waals surface area contributed by atoms with Gasteiger partial charge < -0.3 is 20.5 Å². The zero-order chi connectivity index (χ0) is 15.2. The smallest absolute Gasteiger partial charge is 0.319 e. The molecular formula is C15H18N2O3S. The molecule has 0 fully saturated rings. The lowest BCUT2D eigenvalue weighted by atomic mass is 10.2. The van der Waals surface area contributed by atoms with Crippen molar-refractivity contribution in [1.29, 1.82) is 0 Å². The van der Waals surface area contributed by atoms with E-state index in [1.807, 2.05) is 29.8 Å². The molecule has 1 aromatic heterocycles. The first-order valence-corrected chi connectivity index (χ1v) is 7.44. The highest BCUT2D eigenvalue weighted by Crippen LogP contribution is 2.21. The summed E-state index contributed by atoms with van der Waals surface area (Å²) in [5.41, 5.74) is 2.42. The summed E-state index contributed by atoms with van der Waals surface area (Å²) in [6, 6.07) is 6.89. The summed E-state index contributed by atoms with van der Waals surface area (Å²) in [5, 5.41) is 19.0. The summed E-state index contributed by atoms with van der Waals surface area (Å²) < 4.78 is 5.11. The number of hydrogen-bond acceptors (Lipinski definition) is 4. The number of anilines is 1. The molecule has 2 amide bonds. The van der Waals surface area contributed by atoms with Gasteiger partial charge in [-0.1, -0.05) is 0 Å². The van der Waals surface area contributed by atoms with Crippen LogP contribution in [0.3, 0.4) is 0 Å². The summed E-state index contributed by atoms with van der Waals surface area (Å²) in [4.78, 5) is 11.8. The molecule has 0 saturated heterocycles. The van der Waals surface area contributed by atoms with E-state index in [2.05, 4.69) is 10.6 Å². The Kier molecular flexibility index (Phi) is 5.19. The number of carbonyl (C=O) groups excluding carboxylic acids is 1. The van der Waals surface area contributed by atoms with E-state index in [0.29, 0.717) is 5.69 Å². The van der Waals surface area contributed by atoms with E-state index in [4.69, 9.17) is 4.74 Å². The van der Waals surface area contributed by atoms with Crippen molar-refractivity contribution in [3.63, 3.8) is 0 Å². The first-order valence-electron chi connectivity index (χ1n) is 6.50. The third-order valence-electron chi connectivity index (χ3n) is 3.07. The average molecular weight is 306 g/mol. The molecule has 1 aromatic carbocycles. The predicted molar refractivity (Wildman–Crippen MR) is 84.0 cm³/mol. The molecule has 1 heterocycles. The van der Waals surface area contributed by atoms with Crippen LogP contribution in [-0.4, -0.2) is 24.8 Å². The Morgan fingerprint density at radius 3 is 2.86 bits per heavy atom. The maximum Gasteiger partial charge on any atom is 0.319 e. The van der Waals surface area contributed by atoms with E-state index in [1.165, 1.54) is 11.3 Å². The molecule has 0 spiro atoms. The monoisotopic (exact) mass is 306 g/mol. The number of ether oxygens (including phenoxy) is 1. The number of nitrogens with one attached hydrogen (secondary N) is 2. The van der Waals surface area contributed by atoms with Crippen molar-refractivity contribution in [3.8, 4) is 5.75 Å². The third kappa shape index (κ3) is 4.21. The molecule has 112 valence electrons. The quantitative estimate of drug-likeness (QED) is 0.795. The van der Waals surface area contributed by atoms with Crippen molar-refractivity contribution in [2.24, 2.45) is 0 Å². The van der Waals surface area contributed by atoms with Crippen LogP contribution in [0.2, 0.25) is 0 Å². The van der Waals surface area contributed by atoms with Crippen molar-refractivity contribution >= 4 is 23.1 Å². The van der Waals surface area contributed by atoms with Crippen molar-refractivity contribution in [2.45, 2.75) is 13.0 Å². The van der Waals surface area contributed by atoms with E-state index in [1.54, 1.807) is 19.2 Å². The minimum atomic E-state index is -0.695. The van der Waals surface area contributed by atoms with Crippen LogP contribution in [0.15, 0.2) is 35.0 Å². The standard InChI is InChI=1S/C15H18N2O3S/c1-10-7-12(20-2)3-4-13(10)17-15(19)16-8-14(18)11-5-6-21-9-11/h3-7,9,14,18H,8H2,1-2H3,(H2,16,17,19). The topological polar surface area (TPSA) is 70.6 Å². The molecular weight excluding hydrogens is 288 g/mol. The van der Waals surface area contributed by atoms with Gasteiger partial charge in [-0.3, -0.25) is 0 Å². The van der Waals surface area contributed by atoms with Crippen LogP contribution >= 0.6 is 11.3 Å². The second-order valence-electron chi connectivity index (χ2n) is 4.59. The summed E-state index contributed by atoms with van der Waals surface area (Å²) in [7, 11) is 1.60. The van der Waals surface area contributed by atoms with Gasteiger partial charge in [0, 0.05) is 12.2 Å². The lowest BCUT2D eigenvalue weighted by Crippen LogP contribution is -2.32. The van der Waals surface area contributed by atoms with Crippen LogP contribution in [-0.2, 0) is 0 Å². The van der Waals surface area contributed by atoms with Crippen LogP contribution in [0.1, 0.15) is 17.2 Å². The SMILES string of the molecule is COc1ccc(NC(=O)NCC(O)c2ccsc2)c(C)c1. The minimum absolute atomic E-state index is 0.164. The highest BCUT2D eigenvalue weighted by atomic mass is 32.1. The molecule has 1 atom stereocenters. The number of aryl methyl sites for hydroxylation is 1. The molecule has 0 bridgehead atoms. The fraction of sp³-hybridized carbons (Fsp3) is 0.267. The molecule has 0 aliphatic rings. The van der Waals surface area contributed by atoms with Gasteiger partial charge in [0.25, 0.3) is 0 Å².